The summed E-state index contributed by atoms with van der Waals surface area (Å²) >= 11 is 0. The molecule has 4 aromatic rings. The number of aryl methyl sites for hydroxylation is 4. The predicted octanol–water partition coefficient (Wildman–Crippen LogP) is 7.92. The molecule has 0 nitrogen and oxygen atoms in total. The van der Waals surface area contributed by atoms with Gasteiger partial charge in [0, 0.05) is 0 Å². The number of benzene rings is 4. The van der Waals surface area contributed by atoms with E-state index in [2.05, 4.69) is 113 Å². The summed E-state index contributed by atoms with van der Waals surface area (Å²) in [5, 5.41) is 0. The molecular weight excluding hydrogens is 336 g/mol. The molecule has 0 N–H and O–H groups in total. The third-order valence-corrected chi connectivity index (χ3v) is 5.46. The third-order valence-electron chi connectivity index (χ3n) is 5.46. The SMILES string of the molecule is Cc1ccc(-c2cc(C)c(-c3ccccc3C)c(-c3cccc(C)c3)c2)cc1. The molecular formula is C28H26. The first-order valence-corrected chi connectivity index (χ1v) is 9.87. The van der Waals surface area contributed by atoms with E-state index in [1.165, 1.54) is 55.6 Å². The summed E-state index contributed by atoms with van der Waals surface area (Å²) in [6, 6.07) is 31.0. The fraction of sp³-hybridized carbons (Fsp3) is 0.143. The Morgan fingerprint density at radius 1 is 0.429 bits per heavy atom. The lowest BCUT2D eigenvalue weighted by Gasteiger charge is -2.18. The molecule has 0 aliphatic carbocycles. The molecule has 138 valence electrons. The summed E-state index contributed by atoms with van der Waals surface area (Å²) in [4.78, 5) is 0. The van der Waals surface area contributed by atoms with Gasteiger partial charge >= 0.3 is 0 Å². The van der Waals surface area contributed by atoms with Gasteiger partial charge < -0.3 is 0 Å². The lowest BCUT2D eigenvalue weighted by atomic mass is 9.86. The number of hydrogen-bond acceptors (Lipinski definition) is 0. The minimum absolute atomic E-state index is 1.26. The summed E-state index contributed by atoms with van der Waals surface area (Å²) < 4.78 is 0. The molecule has 0 fully saturated rings. The Hall–Kier alpha value is -3.12. The molecule has 4 aromatic carbocycles. The first kappa shape index (κ1) is 18.3. The van der Waals surface area contributed by atoms with Crippen LogP contribution in [0.25, 0.3) is 33.4 Å². The van der Waals surface area contributed by atoms with Crippen LogP contribution in [-0.4, -0.2) is 0 Å². The second kappa shape index (κ2) is 7.48. The van der Waals surface area contributed by atoms with E-state index in [0.29, 0.717) is 0 Å². The quantitative estimate of drug-likeness (QED) is 0.347. The molecule has 0 aliphatic heterocycles. The van der Waals surface area contributed by atoms with Gasteiger partial charge in [0.15, 0.2) is 0 Å². The molecule has 0 radical (unpaired) electrons. The summed E-state index contributed by atoms with van der Waals surface area (Å²) in [5.41, 5.74) is 12.9. The van der Waals surface area contributed by atoms with E-state index >= 15 is 0 Å². The van der Waals surface area contributed by atoms with E-state index < -0.39 is 0 Å². The fourth-order valence-corrected chi connectivity index (χ4v) is 3.95. The fourth-order valence-electron chi connectivity index (χ4n) is 3.95. The van der Waals surface area contributed by atoms with E-state index in [1.807, 2.05) is 0 Å². The summed E-state index contributed by atoms with van der Waals surface area (Å²) in [6.07, 6.45) is 0. The second-order valence-corrected chi connectivity index (χ2v) is 7.77. The van der Waals surface area contributed by atoms with Crippen molar-refractivity contribution in [3.63, 3.8) is 0 Å². The third kappa shape index (κ3) is 3.51. The van der Waals surface area contributed by atoms with Gasteiger partial charge in [0.1, 0.15) is 0 Å². The number of hydrogen-bond donors (Lipinski definition) is 0. The molecule has 0 atom stereocenters. The van der Waals surface area contributed by atoms with E-state index in [4.69, 9.17) is 0 Å². The molecule has 0 bridgehead atoms. The van der Waals surface area contributed by atoms with Crippen LogP contribution in [0.4, 0.5) is 0 Å². The molecule has 0 spiro atoms. The Bertz CT molecular complexity index is 1130. The van der Waals surface area contributed by atoms with Crippen LogP contribution in [-0.2, 0) is 0 Å². The van der Waals surface area contributed by atoms with Crippen LogP contribution in [0.2, 0.25) is 0 Å². The maximum Gasteiger partial charge on any atom is -0.00730 e. The summed E-state index contributed by atoms with van der Waals surface area (Å²) in [5.74, 6) is 0. The van der Waals surface area contributed by atoms with Crippen LogP contribution in [0, 0.1) is 27.7 Å². The van der Waals surface area contributed by atoms with Crippen molar-refractivity contribution in [2.24, 2.45) is 0 Å². The number of rotatable bonds is 3. The maximum atomic E-state index is 2.36. The smallest absolute Gasteiger partial charge is 0.00730 e. The molecule has 0 saturated carbocycles. The van der Waals surface area contributed by atoms with Crippen LogP contribution in [0.15, 0.2) is 84.9 Å². The van der Waals surface area contributed by atoms with Crippen LogP contribution in [0.1, 0.15) is 22.3 Å². The van der Waals surface area contributed by atoms with Crippen molar-refractivity contribution < 1.29 is 0 Å². The molecule has 0 unspecified atom stereocenters. The zero-order valence-electron chi connectivity index (χ0n) is 17.1. The van der Waals surface area contributed by atoms with Gasteiger partial charge in [-0.2, -0.15) is 0 Å². The molecule has 0 saturated heterocycles. The minimum atomic E-state index is 1.26. The largest absolute Gasteiger partial charge is 0.0620 e. The average Bonchev–Trinajstić information content (AvgIpc) is 2.69. The van der Waals surface area contributed by atoms with Crippen molar-refractivity contribution in [2.75, 3.05) is 0 Å². The van der Waals surface area contributed by atoms with Crippen LogP contribution in [0.3, 0.4) is 0 Å². The van der Waals surface area contributed by atoms with Crippen molar-refractivity contribution in [1.29, 1.82) is 0 Å². The van der Waals surface area contributed by atoms with Crippen molar-refractivity contribution in [2.45, 2.75) is 27.7 Å². The van der Waals surface area contributed by atoms with Crippen LogP contribution >= 0.6 is 0 Å². The Balaban J connectivity index is 2.01. The molecule has 0 heterocycles. The van der Waals surface area contributed by atoms with Crippen molar-refractivity contribution >= 4 is 0 Å². The van der Waals surface area contributed by atoms with Gasteiger partial charge in [0.05, 0.1) is 0 Å². The highest BCUT2D eigenvalue weighted by atomic mass is 14.2. The standard InChI is InChI=1S/C28H26/c1-19-12-14-23(15-13-19)25-17-22(4)28(26-11-6-5-9-21(26)3)27(18-25)24-10-7-8-20(2)16-24/h5-18H,1-4H3. The summed E-state index contributed by atoms with van der Waals surface area (Å²) in [7, 11) is 0. The van der Waals surface area contributed by atoms with Gasteiger partial charge in [-0.05, 0) is 78.3 Å². The van der Waals surface area contributed by atoms with Crippen LogP contribution in [0.5, 0.6) is 0 Å². The minimum Gasteiger partial charge on any atom is -0.0620 e. The second-order valence-electron chi connectivity index (χ2n) is 7.77. The van der Waals surface area contributed by atoms with Gasteiger partial charge in [-0.1, -0.05) is 90.0 Å². The summed E-state index contributed by atoms with van der Waals surface area (Å²) in [6.45, 7) is 8.73. The normalized spacial score (nSPS) is 10.9. The van der Waals surface area contributed by atoms with Crippen molar-refractivity contribution in [1.82, 2.24) is 0 Å². The zero-order chi connectivity index (χ0) is 19.7. The van der Waals surface area contributed by atoms with E-state index in [1.54, 1.807) is 0 Å². The van der Waals surface area contributed by atoms with E-state index in [0.717, 1.165) is 0 Å². The van der Waals surface area contributed by atoms with Crippen LogP contribution < -0.4 is 0 Å². The zero-order valence-corrected chi connectivity index (χ0v) is 17.1. The van der Waals surface area contributed by atoms with Crippen molar-refractivity contribution in [3.8, 4) is 33.4 Å². The van der Waals surface area contributed by atoms with Gasteiger partial charge in [0.2, 0.25) is 0 Å². The molecule has 0 aliphatic rings. The van der Waals surface area contributed by atoms with Gasteiger partial charge in [-0.25, -0.2) is 0 Å². The lowest BCUT2D eigenvalue weighted by Crippen LogP contribution is -1.94. The van der Waals surface area contributed by atoms with E-state index in [-0.39, 0.29) is 0 Å². The first-order chi connectivity index (χ1) is 13.5. The highest BCUT2D eigenvalue weighted by Gasteiger charge is 2.15. The maximum absolute atomic E-state index is 2.36. The first-order valence-electron chi connectivity index (χ1n) is 9.87. The average molecular weight is 363 g/mol. The molecule has 4 rings (SSSR count). The van der Waals surface area contributed by atoms with Gasteiger partial charge in [-0.15, -0.1) is 0 Å². The lowest BCUT2D eigenvalue weighted by molar-refractivity contribution is 1.39. The van der Waals surface area contributed by atoms with Gasteiger partial charge in [-0.3, -0.25) is 0 Å². The molecule has 28 heavy (non-hydrogen) atoms. The topological polar surface area (TPSA) is 0 Å². The predicted molar refractivity (Wildman–Crippen MR) is 122 cm³/mol. The van der Waals surface area contributed by atoms with E-state index in [9.17, 15) is 0 Å². The molecule has 0 heteroatoms. The highest BCUT2D eigenvalue weighted by molar-refractivity contribution is 5.90. The Morgan fingerprint density at radius 3 is 1.89 bits per heavy atom. The highest BCUT2D eigenvalue weighted by Crippen LogP contribution is 2.39. The Labute approximate surface area is 168 Å². The monoisotopic (exact) mass is 362 g/mol. The molecule has 0 aromatic heterocycles. The molecule has 0 amide bonds. The Morgan fingerprint density at radius 2 is 1.18 bits per heavy atom. The van der Waals surface area contributed by atoms with Gasteiger partial charge in [0.25, 0.3) is 0 Å². The van der Waals surface area contributed by atoms with Crippen molar-refractivity contribution in [3.05, 3.63) is 107 Å². The Kier molecular flexibility index (Phi) is 4.88.